The zero-order valence-electron chi connectivity index (χ0n) is 18.1. The number of carbonyl (C=O) groups is 1. The highest BCUT2D eigenvalue weighted by Crippen LogP contribution is 2.29. The van der Waals surface area contributed by atoms with Gasteiger partial charge in [0.2, 0.25) is 0 Å². The molecular weight excluding hydrogens is 406 g/mol. The third-order valence-corrected chi connectivity index (χ3v) is 5.69. The molecule has 0 aliphatic carbocycles. The largest absolute Gasteiger partial charge is 0.378 e. The number of para-hydroxylation sites is 2. The lowest BCUT2D eigenvalue weighted by atomic mass is 10.0. The van der Waals surface area contributed by atoms with Crippen molar-refractivity contribution in [2.45, 2.75) is 0 Å². The topological polar surface area (TPSA) is 82.8 Å². The molecule has 1 fully saturated rings. The van der Waals surface area contributed by atoms with Gasteiger partial charge in [0.15, 0.2) is 0 Å². The van der Waals surface area contributed by atoms with Crippen molar-refractivity contribution in [2.75, 3.05) is 50.1 Å². The van der Waals surface area contributed by atoms with Gasteiger partial charge in [-0.1, -0.05) is 24.3 Å². The second kappa shape index (κ2) is 9.05. The molecule has 1 aliphatic rings. The van der Waals surface area contributed by atoms with Crippen LogP contribution in [0.25, 0.3) is 11.1 Å². The van der Waals surface area contributed by atoms with Gasteiger partial charge in [-0.3, -0.25) is 19.9 Å². The summed E-state index contributed by atoms with van der Waals surface area (Å²) in [5.74, 6) is -0.0773. The first-order chi connectivity index (χ1) is 15.4. The van der Waals surface area contributed by atoms with Crippen molar-refractivity contribution in [1.29, 1.82) is 0 Å². The van der Waals surface area contributed by atoms with Crippen LogP contribution in [0.1, 0.15) is 10.4 Å². The van der Waals surface area contributed by atoms with Gasteiger partial charge in [0.1, 0.15) is 5.69 Å². The molecule has 0 atom stereocenters. The van der Waals surface area contributed by atoms with E-state index in [0.717, 1.165) is 16.8 Å². The first-order valence-electron chi connectivity index (χ1n) is 10.4. The lowest BCUT2D eigenvalue weighted by Crippen LogP contribution is -2.49. The van der Waals surface area contributed by atoms with E-state index in [1.807, 2.05) is 54.2 Å². The van der Waals surface area contributed by atoms with Gasteiger partial charge < -0.3 is 14.7 Å². The van der Waals surface area contributed by atoms with E-state index in [1.165, 1.54) is 6.07 Å². The van der Waals surface area contributed by atoms with E-state index in [-0.39, 0.29) is 16.5 Å². The number of carbonyl (C=O) groups excluding carboxylic acids is 1. The molecule has 164 valence electrons. The van der Waals surface area contributed by atoms with Crippen LogP contribution in [0.4, 0.5) is 17.1 Å². The fourth-order valence-corrected chi connectivity index (χ4v) is 3.89. The smallest absolute Gasteiger partial charge is 0.292 e. The molecule has 2 aromatic carbocycles. The Hall–Kier alpha value is -3.94. The molecule has 0 saturated carbocycles. The Balaban J connectivity index is 1.46. The molecule has 1 aliphatic heterocycles. The summed E-state index contributed by atoms with van der Waals surface area (Å²) in [4.78, 5) is 34.1. The molecule has 4 rings (SSSR count). The van der Waals surface area contributed by atoms with Gasteiger partial charge in [-0.05, 0) is 29.8 Å². The van der Waals surface area contributed by atoms with Crippen LogP contribution in [-0.4, -0.2) is 61.0 Å². The molecular formula is C24H25N5O3. The molecule has 3 aromatic rings. The molecule has 0 unspecified atom stereocenters. The number of nitrogens with zero attached hydrogens (tertiary/aromatic N) is 5. The van der Waals surface area contributed by atoms with Crippen molar-refractivity contribution in [3.8, 4) is 11.1 Å². The van der Waals surface area contributed by atoms with Crippen LogP contribution in [0.3, 0.4) is 0 Å². The number of anilines is 2. The summed E-state index contributed by atoms with van der Waals surface area (Å²) in [6, 6.07) is 16.7. The number of piperazine rings is 1. The van der Waals surface area contributed by atoms with Crippen LogP contribution in [0.15, 0.2) is 67.0 Å². The number of hydrogen-bond acceptors (Lipinski definition) is 6. The lowest BCUT2D eigenvalue weighted by molar-refractivity contribution is -0.384. The summed E-state index contributed by atoms with van der Waals surface area (Å²) in [6.45, 7) is 2.06. The minimum absolute atomic E-state index is 0.0773. The minimum Gasteiger partial charge on any atom is -0.378 e. The van der Waals surface area contributed by atoms with Crippen molar-refractivity contribution < 1.29 is 9.72 Å². The summed E-state index contributed by atoms with van der Waals surface area (Å²) in [5, 5.41) is 11.3. The second-order valence-electron chi connectivity index (χ2n) is 7.93. The maximum absolute atomic E-state index is 13.1. The Kier molecular flexibility index (Phi) is 6.02. The Morgan fingerprint density at radius 1 is 0.969 bits per heavy atom. The fourth-order valence-electron chi connectivity index (χ4n) is 3.89. The minimum atomic E-state index is -0.366. The van der Waals surface area contributed by atoms with Gasteiger partial charge in [-0.2, -0.15) is 0 Å². The molecule has 8 heteroatoms. The average Bonchev–Trinajstić information content (AvgIpc) is 2.84. The predicted octanol–water partition coefficient (Wildman–Crippen LogP) is 3.69. The molecule has 0 spiro atoms. The summed E-state index contributed by atoms with van der Waals surface area (Å²) in [7, 11) is 3.98. The number of rotatable bonds is 5. The van der Waals surface area contributed by atoms with E-state index in [9.17, 15) is 14.9 Å². The van der Waals surface area contributed by atoms with E-state index < -0.39 is 0 Å². The Bertz CT molecular complexity index is 1120. The molecule has 1 amide bonds. The molecule has 0 radical (unpaired) electrons. The maximum atomic E-state index is 13.1. The molecule has 8 nitrogen and oxygen atoms in total. The number of benzene rings is 2. The van der Waals surface area contributed by atoms with E-state index in [1.54, 1.807) is 35.5 Å². The Labute approximate surface area is 186 Å². The summed E-state index contributed by atoms with van der Waals surface area (Å²) in [6.07, 6.45) is 3.35. The van der Waals surface area contributed by atoms with Gasteiger partial charge in [0, 0.05) is 70.0 Å². The first-order valence-corrected chi connectivity index (χ1v) is 10.4. The zero-order valence-corrected chi connectivity index (χ0v) is 18.1. The number of aromatic nitrogens is 1. The Morgan fingerprint density at radius 2 is 1.66 bits per heavy atom. The highest BCUT2D eigenvalue weighted by Gasteiger charge is 2.26. The van der Waals surface area contributed by atoms with Gasteiger partial charge in [-0.25, -0.2) is 0 Å². The SMILES string of the molecule is CN(C)c1ccc(-c2cncc(C(=O)N3CCN(c4ccccc4[N+](=O)[O-])CC3)c2)cc1. The summed E-state index contributed by atoms with van der Waals surface area (Å²) in [5.41, 5.74) is 4.21. The molecule has 0 N–H and O–H groups in total. The third kappa shape index (κ3) is 4.39. The number of amides is 1. The van der Waals surface area contributed by atoms with Crippen LogP contribution in [0.5, 0.6) is 0 Å². The summed E-state index contributed by atoms with van der Waals surface area (Å²) < 4.78 is 0. The molecule has 1 aromatic heterocycles. The first kappa shape index (κ1) is 21.3. The van der Waals surface area contributed by atoms with Crippen LogP contribution in [0.2, 0.25) is 0 Å². The van der Waals surface area contributed by atoms with Crippen LogP contribution >= 0.6 is 0 Å². The van der Waals surface area contributed by atoms with Crippen LogP contribution < -0.4 is 9.80 Å². The number of pyridine rings is 1. The molecule has 32 heavy (non-hydrogen) atoms. The van der Waals surface area contributed by atoms with Crippen molar-refractivity contribution >= 4 is 23.0 Å². The molecule has 0 bridgehead atoms. The maximum Gasteiger partial charge on any atom is 0.292 e. The number of nitro groups is 1. The Morgan fingerprint density at radius 3 is 2.31 bits per heavy atom. The van der Waals surface area contributed by atoms with Crippen molar-refractivity contribution in [3.05, 3.63) is 82.7 Å². The number of nitro benzene ring substituents is 1. The number of hydrogen-bond donors (Lipinski definition) is 0. The zero-order chi connectivity index (χ0) is 22.7. The summed E-state index contributed by atoms with van der Waals surface area (Å²) >= 11 is 0. The van der Waals surface area contributed by atoms with Gasteiger partial charge in [0.25, 0.3) is 11.6 Å². The normalized spacial score (nSPS) is 13.7. The van der Waals surface area contributed by atoms with E-state index in [2.05, 4.69) is 4.98 Å². The standard InChI is InChI=1S/C24H25N5O3/c1-26(2)21-9-7-18(8-10-21)19-15-20(17-25-16-19)24(30)28-13-11-27(12-14-28)22-5-3-4-6-23(22)29(31)32/h3-10,15-17H,11-14H2,1-2H3. The van der Waals surface area contributed by atoms with Crippen LogP contribution in [-0.2, 0) is 0 Å². The van der Waals surface area contributed by atoms with E-state index >= 15 is 0 Å². The highest BCUT2D eigenvalue weighted by molar-refractivity contribution is 5.95. The van der Waals surface area contributed by atoms with Crippen LogP contribution in [0, 0.1) is 10.1 Å². The van der Waals surface area contributed by atoms with Gasteiger partial charge in [-0.15, -0.1) is 0 Å². The average molecular weight is 431 g/mol. The second-order valence-corrected chi connectivity index (χ2v) is 7.93. The van der Waals surface area contributed by atoms with E-state index in [4.69, 9.17) is 0 Å². The molecule has 1 saturated heterocycles. The van der Waals surface area contributed by atoms with Crippen molar-refractivity contribution in [2.24, 2.45) is 0 Å². The lowest BCUT2D eigenvalue weighted by Gasteiger charge is -2.35. The molecule has 2 heterocycles. The quantitative estimate of drug-likeness (QED) is 0.453. The predicted molar refractivity (Wildman–Crippen MR) is 125 cm³/mol. The van der Waals surface area contributed by atoms with E-state index in [0.29, 0.717) is 37.4 Å². The van der Waals surface area contributed by atoms with Crippen molar-refractivity contribution in [1.82, 2.24) is 9.88 Å². The highest BCUT2D eigenvalue weighted by atomic mass is 16.6. The van der Waals surface area contributed by atoms with Gasteiger partial charge in [0.05, 0.1) is 10.5 Å². The monoisotopic (exact) mass is 431 g/mol. The fraction of sp³-hybridized carbons (Fsp3) is 0.250. The van der Waals surface area contributed by atoms with Crippen molar-refractivity contribution in [3.63, 3.8) is 0 Å². The third-order valence-electron chi connectivity index (χ3n) is 5.69. The van der Waals surface area contributed by atoms with Gasteiger partial charge >= 0.3 is 0 Å².